The van der Waals surface area contributed by atoms with E-state index in [0.29, 0.717) is 24.9 Å². The van der Waals surface area contributed by atoms with E-state index in [4.69, 9.17) is 21.7 Å². The Kier molecular flexibility index (Phi) is 7.90. The molecule has 0 aromatic heterocycles. The monoisotopic (exact) mass is 412 g/mol. The predicted molar refractivity (Wildman–Crippen MR) is 123 cm³/mol. The topological polar surface area (TPSA) is 38.2 Å². The van der Waals surface area contributed by atoms with Crippen molar-refractivity contribution in [2.75, 3.05) is 51.8 Å². The van der Waals surface area contributed by atoms with Crippen LogP contribution in [0, 0.1) is 0 Å². The molecule has 29 heavy (non-hydrogen) atoms. The molecule has 1 aliphatic rings. The average Bonchev–Trinajstić information content (AvgIpc) is 2.74. The number of nitrogens with one attached hydrogen (secondary N) is 2. The number of hydrogen-bond acceptors (Lipinski definition) is 3. The number of anilines is 1. The summed E-state index contributed by atoms with van der Waals surface area (Å²) in [5.41, 5.74) is 2.16. The van der Waals surface area contributed by atoms with Gasteiger partial charge in [-0.2, -0.15) is 0 Å². The molecule has 0 aliphatic carbocycles. The van der Waals surface area contributed by atoms with Crippen LogP contribution in [-0.4, -0.2) is 52.1 Å². The fraction of sp³-hybridized carbons (Fsp3) is 0.348. The van der Waals surface area contributed by atoms with E-state index in [-0.39, 0.29) is 0 Å². The second-order valence-electron chi connectivity index (χ2n) is 7.29. The molecule has 2 aromatic carbocycles. The Morgan fingerprint density at radius 1 is 1.10 bits per heavy atom. The Bertz CT molecular complexity index is 824. The van der Waals surface area contributed by atoms with E-state index >= 15 is 0 Å². The number of benzene rings is 2. The second kappa shape index (κ2) is 10.8. The van der Waals surface area contributed by atoms with Gasteiger partial charge in [-0.3, -0.25) is 0 Å². The third kappa shape index (κ3) is 6.48. The van der Waals surface area contributed by atoms with Crippen LogP contribution in [-0.2, 0) is 0 Å². The molecular formula is C23H30N3O2S+. The zero-order valence-corrected chi connectivity index (χ0v) is 18.0. The van der Waals surface area contributed by atoms with Crippen molar-refractivity contribution in [1.82, 2.24) is 5.32 Å². The average molecular weight is 413 g/mol. The smallest absolute Gasteiger partial charge is 0.173 e. The number of ether oxygens (including phenoxy) is 2. The summed E-state index contributed by atoms with van der Waals surface area (Å²) in [6.07, 6.45) is 5.31. The van der Waals surface area contributed by atoms with Gasteiger partial charge in [0, 0.05) is 31.3 Å². The molecular weight excluding hydrogens is 382 g/mol. The van der Waals surface area contributed by atoms with Gasteiger partial charge in [0.15, 0.2) is 16.6 Å². The van der Waals surface area contributed by atoms with Crippen LogP contribution in [0.1, 0.15) is 12.0 Å². The molecule has 0 bridgehead atoms. The third-order valence-corrected chi connectivity index (χ3v) is 4.97. The minimum absolute atomic E-state index is 0.569. The number of hydrogen-bond donors (Lipinski definition) is 2. The Balaban J connectivity index is 1.71. The van der Waals surface area contributed by atoms with Crippen molar-refractivity contribution in [2.45, 2.75) is 6.42 Å². The summed E-state index contributed by atoms with van der Waals surface area (Å²) in [6, 6.07) is 16.3. The van der Waals surface area contributed by atoms with Crippen molar-refractivity contribution in [3.05, 3.63) is 60.2 Å². The number of thiocarbonyl (C=S) groups is 1. The van der Waals surface area contributed by atoms with E-state index in [9.17, 15) is 0 Å². The minimum atomic E-state index is 0.569. The first-order valence-electron chi connectivity index (χ1n) is 10.1. The quantitative estimate of drug-likeness (QED) is 0.515. The zero-order chi connectivity index (χ0) is 20.5. The maximum Gasteiger partial charge on any atom is 0.173 e. The van der Waals surface area contributed by atoms with Crippen LogP contribution >= 0.6 is 12.2 Å². The summed E-state index contributed by atoms with van der Waals surface area (Å²) < 4.78 is 11.4. The molecule has 0 saturated carbocycles. The SMILES string of the molecule is C[NH+](C)CCCNC(=S)N(C/C=C/c1ccccc1)c1ccc2c(c1)OCCO2. The molecule has 0 saturated heterocycles. The van der Waals surface area contributed by atoms with Crippen molar-refractivity contribution in [1.29, 1.82) is 0 Å². The molecule has 0 unspecified atom stereocenters. The van der Waals surface area contributed by atoms with E-state index in [2.05, 4.69) is 48.6 Å². The predicted octanol–water partition coefficient (Wildman–Crippen LogP) is 2.39. The Hall–Kier alpha value is -2.57. The van der Waals surface area contributed by atoms with Gasteiger partial charge in [-0.05, 0) is 29.9 Å². The van der Waals surface area contributed by atoms with E-state index in [0.717, 1.165) is 36.7 Å². The number of fused-ring (bicyclic) bond motifs is 1. The molecule has 0 spiro atoms. The molecule has 2 aromatic rings. The normalized spacial score (nSPS) is 12.9. The highest BCUT2D eigenvalue weighted by Gasteiger charge is 2.16. The first-order chi connectivity index (χ1) is 14.1. The molecule has 5 nitrogen and oxygen atoms in total. The molecule has 0 fully saturated rings. The maximum absolute atomic E-state index is 5.76. The van der Waals surface area contributed by atoms with E-state index < -0.39 is 0 Å². The summed E-state index contributed by atoms with van der Waals surface area (Å²) >= 11 is 5.72. The first-order valence-corrected chi connectivity index (χ1v) is 10.5. The van der Waals surface area contributed by atoms with Gasteiger partial charge in [-0.25, -0.2) is 0 Å². The van der Waals surface area contributed by atoms with Gasteiger partial charge in [0.2, 0.25) is 0 Å². The molecule has 154 valence electrons. The number of nitrogens with zero attached hydrogens (tertiary/aromatic N) is 1. The summed E-state index contributed by atoms with van der Waals surface area (Å²) in [5.74, 6) is 1.55. The molecule has 0 atom stereocenters. The lowest BCUT2D eigenvalue weighted by atomic mass is 10.2. The van der Waals surface area contributed by atoms with Gasteiger partial charge in [-0.1, -0.05) is 42.5 Å². The second-order valence-corrected chi connectivity index (χ2v) is 7.68. The highest BCUT2D eigenvalue weighted by molar-refractivity contribution is 7.80. The Labute approximate surface area is 178 Å². The van der Waals surface area contributed by atoms with Crippen LogP contribution in [0.5, 0.6) is 11.5 Å². The molecule has 1 aliphatic heterocycles. The van der Waals surface area contributed by atoms with Crippen LogP contribution < -0.4 is 24.6 Å². The van der Waals surface area contributed by atoms with Crippen LogP contribution in [0.25, 0.3) is 6.08 Å². The zero-order valence-electron chi connectivity index (χ0n) is 17.2. The summed E-state index contributed by atoms with van der Waals surface area (Å²) in [6.45, 7) is 3.78. The summed E-state index contributed by atoms with van der Waals surface area (Å²) in [7, 11) is 4.32. The summed E-state index contributed by atoms with van der Waals surface area (Å²) in [4.78, 5) is 3.53. The van der Waals surface area contributed by atoms with Crippen molar-refractivity contribution in [3.63, 3.8) is 0 Å². The minimum Gasteiger partial charge on any atom is -0.486 e. The van der Waals surface area contributed by atoms with Crippen LogP contribution in [0.2, 0.25) is 0 Å². The van der Waals surface area contributed by atoms with Gasteiger partial charge < -0.3 is 24.6 Å². The van der Waals surface area contributed by atoms with Gasteiger partial charge in [0.1, 0.15) is 13.2 Å². The molecule has 0 radical (unpaired) electrons. The third-order valence-electron chi connectivity index (χ3n) is 4.61. The fourth-order valence-corrected chi connectivity index (χ4v) is 3.38. The van der Waals surface area contributed by atoms with Crippen molar-refractivity contribution in [3.8, 4) is 11.5 Å². The van der Waals surface area contributed by atoms with Gasteiger partial charge in [-0.15, -0.1) is 0 Å². The van der Waals surface area contributed by atoms with Gasteiger partial charge in [0.05, 0.1) is 20.6 Å². The van der Waals surface area contributed by atoms with Crippen molar-refractivity contribution < 1.29 is 14.4 Å². The van der Waals surface area contributed by atoms with Crippen molar-refractivity contribution >= 4 is 29.1 Å². The Morgan fingerprint density at radius 2 is 1.86 bits per heavy atom. The number of quaternary nitrogens is 1. The first kappa shape index (κ1) is 21.1. The van der Waals surface area contributed by atoms with E-state index in [1.54, 1.807) is 0 Å². The lowest BCUT2D eigenvalue weighted by molar-refractivity contribution is -0.858. The molecule has 1 heterocycles. The molecule has 3 rings (SSSR count). The van der Waals surface area contributed by atoms with E-state index in [1.807, 2.05) is 36.4 Å². The number of rotatable bonds is 8. The molecule has 6 heteroatoms. The molecule has 0 amide bonds. The lowest BCUT2D eigenvalue weighted by Crippen LogP contribution is -3.05. The van der Waals surface area contributed by atoms with Crippen molar-refractivity contribution in [2.24, 2.45) is 0 Å². The van der Waals surface area contributed by atoms with Gasteiger partial charge in [0.25, 0.3) is 0 Å². The highest BCUT2D eigenvalue weighted by Crippen LogP contribution is 2.34. The van der Waals surface area contributed by atoms with E-state index in [1.165, 1.54) is 10.5 Å². The maximum atomic E-state index is 5.76. The Morgan fingerprint density at radius 3 is 2.62 bits per heavy atom. The largest absolute Gasteiger partial charge is 0.486 e. The fourth-order valence-electron chi connectivity index (χ4n) is 3.10. The lowest BCUT2D eigenvalue weighted by Gasteiger charge is -2.27. The van der Waals surface area contributed by atoms with Gasteiger partial charge >= 0.3 is 0 Å². The summed E-state index contributed by atoms with van der Waals surface area (Å²) in [5, 5.41) is 4.12. The van der Waals surface area contributed by atoms with Crippen LogP contribution in [0.3, 0.4) is 0 Å². The van der Waals surface area contributed by atoms with Crippen LogP contribution in [0.4, 0.5) is 5.69 Å². The highest BCUT2D eigenvalue weighted by atomic mass is 32.1. The standard InChI is InChI=1S/C23H29N3O2S/c1-25(2)14-7-13-24-23(29)26(15-6-10-19-8-4-3-5-9-19)20-11-12-21-22(18-20)28-17-16-27-21/h3-6,8-12,18H,7,13-17H2,1-2H3,(H,24,29)/p+1/b10-6+. The molecule has 2 N–H and O–H groups in total. The van der Waals surface area contributed by atoms with Crippen LogP contribution in [0.15, 0.2) is 54.6 Å².